The number of halogens is 2. The van der Waals surface area contributed by atoms with Crippen LogP contribution in [0, 0.1) is 13.8 Å². The Kier molecular flexibility index (Phi) is 7.05. The van der Waals surface area contributed by atoms with Crippen molar-refractivity contribution in [3.05, 3.63) is 60.9 Å². The van der Waals surface area contributed by atoms with E-state index in [4.69, 9.17) is 4.74 Å². The van der Waals surface area contributed by atoms with Gasteiger partial charge < -0.3 is 10.1 Å². The average molecular weight is 554 g/mol. The second-order valence-corrected chi connectivity index (χ2v) is 9.41. The van der Waals surface area contributed by atoms with Crippen molar-refractivity contribution >= 4 is 72.4 Å². The molecule has 1 N–H and O–H groups in total. The maximum atomic E-state index is 12.8. The van der Waals surface area contributed by atoms with Crippen molar-refractivity contribution in [2.24, 2.45) is 0 Å². The molecular formula is C21H18Br2N2O4S. The second-order valence-electron chi connectivity index (χ2n) is 6.64. The summed E-state index contributed by atoms with van der Waals surface area (Å²) in [7, 11) is 1.52. The van der Waals surface area contributed by atoms with Gasteiger partial charge in [-0.05, 0) is 76.9 Å². The Bertz CT molecular complexity index is 1080. The third-order valence-corrected chi connectivity index (χ3v) is 6.32. The number of methoxy groups -OCH3 is 1. The number of benzene rings is 2. The topological polar surface area (TPSA) is 75.7 Å². The van der Waals surface area contributed by atoms with Crippen molar-refractivity contribution in [2.45, 2.75) is 13.8 Å². The van der Waals surface area contributed by atoms with Gasteiger partial charge in [-0.25, -0.2) is 0 Å². The Morgan fingerprint density at radius 3 is 2.63 bits per heavy atom. The summed E-state index contributed by atoms with van der Waals surface area (Å²) < 4.78 is 6.88. The molecule has 0 radical (unpaired) electrons. The number of ether oxygens (including phenoxy) is 1. The second kappa shape index (κ2) is 9.36. The van der Waals surface area contributed by atoms with Gasteiger partial charge in [-0.3, -0.25) is 19.3 Å². The summed E-state index contributed by atoms with van der Waals surface area (Å²) in [5.74, 6) is -0.410. The van der Waals surface area contributed by atoms with Crippen molar-refractivity contribution in [1.29, 1.82) is 0 Å². The SMILES string of the molecule is COc1c(Br)cc(Br)cc1/C=C1/SC(=O)N(CC(=O)Nc2cc(C)ccc2C)C1=O. The number of carbonyl (C=O) groups is 3. The van der Waals surface area contributed by atoms with Crippen LogP contribution >= 0.6 is 43.6 Å². The first kappa shape index (κ1) is 22.6. The van der Waals surface area contributed by atoms with Gasteiger partial charge in [0.15, 0.2) is 0 Å². The molecule has 3 rings (SSSR count). The number of aryl methyl sites for hydroxylation is 2. The molecule has 0 atom stereocenters. The first-order chi connectivity index (χ1) is 14.2. The van der Waals surface area contributed by atoms with Crippen LogP contribution in [-0.4, -0.2) is 35.6 Å². The predicted octanol–water partition coefficient (Wildman–Crippen LogP) is 5.51. The minimum atomic E-state index is -0.515. The molecule has 0 saturated carbocycles. The van der Waals surface area contributed by atoms with Crippen molar-refractivity contribution < 1.29 is 19.1 Å². The van der Waals surface area contributed by atoms with Crippen LogP contribution in [-0.2, 0) is 9.59 Å². The molecular weight excluding hydrogens is 536 g/mol. The third kappa shape index (κ3) is 4.96. The van der Waals surface area contributed by atoms with E-state index in [1.165, 1.54) is 7.11 Å². The van der Waals surface area contributed by atoms with E-state index in [1.807, 2.05) is 38.1 Å². The first-order valence-corrected chi connectivity index (χ1v) is 11.3. The van der Waals surface area contributed by atoms with Gasteiger partial charge in [0.2, 0.25) is 5.91 Å². The zero-order chi connectivity index (χ0) is 22.0. The fraction of sp³-hybridized carbons (Fsp3) is 0.190. The minimum absolute atomic E-state index is 0.225. The highest BCUT2D eigenvalue weighted by atomic mass is 79.9. The summed E-state index contributed by atoms with van der Waals surface area (Å²) in [5, 5.41) is 2.28. The smallest absolute Gasteiger partial charge is 0.294 e. The number of hydrogen-bond donors (Lipinski definition) is 1. The van der Waals surface area contributed by atoms with Crippen molar-refractivity contribution in [3.8, 4) is 5.75 Å². The molecule has 1 aliphatic heterocycles. The Hall–Kier alpha value is -2.10. The highest BCUT2D eigenvalue weighted by Crippen LogP contribution is 2.38. The number of thioether (sulfide) groups is 1. The molecule has 3 amide bonds. The fourth-order valence-corrected chi connectivity index (χ4v) is 5.13. The molecule has 9 heteroatoms. The number of nitrogens with zero attached hydrogens (tertiary/aromatic N) is 1. The average Bonchev–Trinajstić information content (AvgIpc) is 2.92. The van der Waals surface area contributed by atoms with Gasteiger partial charge in [-0.15, -0.1) is 0 Å². The van der Waals surface area contributed by atoms with Crippen LogP contribution in [0.3, 0.4) is 0 Å². The number of hydrogen-bond acceptors (Lipinski definition) is 5. The van der Waals surface area contributed by atoms with Gasteiger partial charge in [0, 0.05) is 15.7 Å². The zero-order valence-electron chi connectivity index (χ0n) is 16.4. The maximum Gasteiger partial charge on any atom is 0.294 e. The largest absolute Gasteiger partial charge is 0.495 e. The van der Waals surface area contributed by atoms with Crippen LogP contribution in [0.4, 0.5) is 10.5 Å². The lowest BCUT2D eigenvalue weighted by Crippen LogP contribution is -2.36. The molecule has 0 aromatic heterocycles. The Morgan fingerprint density at radius 2 is 1.93 bits per heavy atom. The minimum Gasteiger partial charge on any atom is -0.495 e. The van der Waals surface area contributed by atoms with E-state index in [1.54, 1.807) is 12.1 Å². The van der Waals surface area contributed by atoms with Crippen LogP contribution < -0.4 is 10.1 Å². The van der Waals surface area contributed by atoms with Crippen molar-refractivity contribution in [3.63, 3.8) is 0 Å². The highest BCUT2D eigenvalue weighted by Gasteiger charge is 2.36. The van der Waals surface area contributed by atoms with E-state index in [0.717, 1.165) is 32.3 Å². The summed E-state index contributed by atoms with van der Waals surface area (Å²) >= 11 is 7.61. The number of carbonyl (C=O) groups excluding carboxylic acids is 3. The molecule has 30 heavy (non-hydrogen) atoms. The Balaban J connectivity index is 1.79. The first-order valence-electron chi connectivity index (χ1n) is 8.85. The molecule has 6 nitrogen and oxygen atoms in total. The molecule has 1 saturated heterocycles. The van der Waals surface area contributed by atoms with E-state index in [9.17, 15) is 14.4 Å². The van der Waals surface area contributed by atoms with Crippen LogP contribution in [0.2, 0.25) is 0 Å². The van der Waals surface area contributed by atoms with E-state index in [-0.39, 0.29) is 11.4 Å². The van der Waals surface area contributed by atoms with Gasteiger partial charge in [0.25, 0.3) is 11.1 Å². The standard InChI is InChI=1S/C21H18Br2N2O4S/c1-11-4-5-12(2)16(6-11)24-18(26)10-25-20(27)17(30-21(25)28)8-13-7-14(22)9-15(23)19(13)29-3/h4-9H,10H2,1-3H3,(H,24,26)/b17-8+. The molecule has 2 aromatic carbocycles. The van der Waals surface area contributed by atoms with E-state index >= 15 is 0 Å². The van der Waals surface area contributed by atoms with Gasteiger partial charge in [-0.2, -0.15) is 0 Å². The Morgan fingerprint density at radius 1 is 1.20 bits per heavy atom. The lowest BCUT2D eigenvalue weighted by atomic mass is 10.1. The number of rotatable bonds is 5. The van der Waals surface area contributed by atoms with E-state index in [2.05, 4.69) is 37.2 Å². The van der Waals surface area contributed by atoms with Crippen LogP contribution in [0.5, 0.6) is 5.75 Å². The fourth-order valence-electron chi connectivity index (χ4n) is 2.88. The van der Waals surface area contributed by atoms with Gasteiger partial charge in [0.1, 0.15) is 12.3 Å². The molecule has 0 bridgehead atoms. The number of nitrogens with one attached hydrogen (secondary N) is 1. The molecule has 2 aromatic rings. The van der Waals surface area contributed by atoms with Gasteiger partial charge in [-0.1, -0.05) is 28.1 Å². The normalized spacial score (nSPS) is 15.1. The quantitative estimate of drug-likeness (QED) is 0.494. The third-order valence-electron chi connectivity index (χ3n) is 4.37. The lowest BCUT2D eigenvalue weighted by molar-refractivity contribution is -0.127. The van der Waals surface area contributed by atoms with Crippen molar-refractivity contribution in [2.75, 3.05) is 19.0 Å². The summed E-state index contributed by atoms with van der Waals surface area (Å²) in [5.41, 5.74) is 3.18. The molecule has 156 valence electrons. The summed E-state index contributed by atoms with van der Waals surface area (Å²) in [6.45, 7) is 3.45. The summed E-state index contributed by atoms with van der Waals surface area (Å²) in [4.78, 5) is 38.8. The number of amides is 3. The van der Waals surface area contributed by atoms with Crippen molar-refractivity contribution in [1.82, 2.24) is 4.90 Å². The molecule has 1 heterocycles. The molecule has 0 spiro atoms. The lowest BCUT2D eigenvalue weighted by Gasteiger charge is -2.14. The Labute approximate surface area is 195 Å². The van der Waals surface area contributed by atoms with Crippen LogP contribution in [0.25, 0.3) is 6.08 Å². The highest BCUT2D eigenvalue weighted by molar-refractivity contribution is 9.11. The molecule has 1 fully saturated rings. The molecule has 1 aliphatic rings. The number of imide groups is 1. The molecule has 0 aliphatic carbocycles. The van der Waals surface area contributed by atoms with E-state index in [0.29, 0.717) is 21.5 Å². The molecule has 0 unspecified atom stereocenters. The number of anilines is 1. The van der Waals surface area contributed by atoms with Gasteiger partial charge >= 0.3 is 0 Å². The summed E-state index contributed by atoms with van der Waals surface area (Å²) in [6, 6.07) is 9.29. The zero-order valence-corrected chi connectivity index (χ0v) is 20.4. The van der Waals surface area contributed by atoms with Crippen LogP contribution in [0.1, 0.15) is 16.7 Å². The van der Waals surface area contributed by atoms with E-state index < -0.39 is 17.1 Å². The van der Waals surface area contributed by atoms with Gasteiger partial charge in [0.05, 0.1) is 16.5 Å². The predicted molar refractivity (Wildman–Crippen MR) is 126 cm³/mol. The van der Waals surface area contributed by atoms with Crippen LogP contribution in [0.15, 0.2) is 44.2 Å². The maximum absolute atomic E-state index is 12.8. The summed E-state index contributed by atoms with van der Waals surface area (Å²) in [6.07, 6.45) is 1.59. The monoisotopic (exact) mass is 552 g/mol.